The van der Waals surface area contributed by atoms with E-state index in [1.165, 1.54) is 18.2 Å². The van der Waals surface area contributed by atoms with Gasteiger partial charge in [-0.15, -0.1) is 0 Å². The number of halogens is 1. The second-order valence-electron chi connectivity index (χ2n) is 3.78. The highest BCUT2D eigenvalue weighted by molar-refractivity contribution is 5.34. The first kappa shape index (κ1) is 11.6. The van der Waals surface area contributed by atoms with Gasteiger partial charge in [-0.3, -0.25) is 0 Å². The molecule has 0 fully saturated rings. The highest BCUT2D eigenvalue weighted by Gasteiger charge is 2.11. The first-order valence-corrected chi connectivity index (χ1v) is 5.28. The lowest BCUT2D eigenvalue weighted by atomic mass is 10.1. The normalized spacial score (nSPS) is 12.6. The lowest BCUT2D eigenvalue weighted by Gasteiger charge is -2.14. The maximum Gasteiger partial charge on any atom is 0.150 e. The Hall–Kier alpha value is -1.88. The van der Waals surface area contributed by atoms with Gasteiger partial charge in [-0.25, -0.2) is 4.39 Å². The maximum absolute atomic E-state index is 13.1. The Labute approximate surface area is 98.1 Å². The van der Waals surface area contributed by atoms with E-state index in [0.717, 1.165) is 0 Å². The molecule has 0 aliphatic carbocycles. The van der Waals surface area contributed by atoms with Crippen LogP contribution < -0.4 is 5.32 Å². The van der Waals surface area contributed by atoms with Gasteiger partial charge in [0, 0.05) is 17.7 Å². The quantitative estimate of drug-likeness (QED) is 0.855. The third kappa shape index (κ3) is 2.82. The Morgan fingerprint density at radius 3 is 3.00 bits per heavy atom. The van der Waals surface area contributed by atoms with Crippen molar-refractivity contribution in [3.8, 4) is 5.75 Å². The van der Waals surface area contributed by atoms with Gasteiger partial charge in [0.05, 0.1) is 12.7 Å². The zero-order valence-electron chi connectivity index (χ0n) is 9.35. The summed E-state index contributed by atoms with van der Waals surface area (Å²) in [7, 11) is 0. The van der Waals surface area contributed by atoms with Crippen molar-refractivity contribution in [3.05, 3.63) is 47.6 Å². The van der Waals surface area contributed by atoms with Crippen molar-refractivity contribution < 1.29 is 14.0 Å². The summed E-state index contributed by atoms with van der Waals surface area (Å²) < 4.78 is 18.0. The Kier molecular flexibility index (Phi) is 3.39. The molecule has 1 aromatic heterocycles. The number of benzene rings is 1. The fraction of sp³-hybridized carbons (Fsp3) is 0.250. The summed E-state index contributed by atoms with van der Waals surface area (Å²) in [5.74, 6) is 0.392. The molecule has 2 rings (SSSR count). The number of phenolic OH excluding ortho intramolecular Hbond substituents is 1. The highest BCUT2D eigenvalue weighted by atomic mass is 19.1. The van der Waals surface area contributed by atoms with Crippen LogP contribution in [0.4, 0.5) is 4.39 Å². The van der Waals surface area contributed by atoms with Gasteiger partial charge in [0.15, 0.2) is 0 Å². The molecule has 0 saturated carbocycles. The van der Waals surface area contributed by atoms with Gasteiger partial charge in [0.25, 0.3) is 0 Å². The zero-order valence-corrected chi connectivity index (χ0v) is 9.35. The molecule has 0 radical (unpaired) electrons. The fourth-order valence-electron chi connectivity index (χ4n) is 1.57. The van der Waals surface area contributed by atoms with Crippen LogP contribution in [0.15, 0.2) is 35.0 Å². The van der Waals surface area contributed by atoms with Crippen LogP contribution in [-0.4, -0.2) is 10.3 Å². The van der Waals surface area contributed by atoms with Crippen molar-refractivity contribution in [1.82, 2.24) is 10.5 Å². The number of hydrogen-bond acceptors (Lipinski definition) is 4. The van der Waals surface area contributed by atoms with E-state index in [4.69, 9.17) is 4.52 Å². The average Bonchev–Trinajstić information content (AvgIpc) is 2.82. The Balaban J connectivity index is 2.04. The molecule has 1 unspecified atom stereocenters. The minimum atomic E-state index is -0.369. The smallest absolute Gasteiger partial charge is 0.150 e. The van der Waals surface area contributed by atoms with Gasteiger partial charge in [0.2, 0.25) is 0 Å². The van der Waals surface area contributed by atoms with Gasteiger partial charge in [-0.1, -0.05) is 5.16 Å². The van der Waals surface area contributed by atoms with Crippen LogP contribution >= 0.6 is 0 Å². The van der Waals surface area contributed by atoms with Gasteiger partial charge >= 0.3 is 0 Å². The zero-order chi connectivity index (χ0) is 12.3. The molecule has 2 aromatic rings. The Morgan fingerprint density at radius 1 is 1.47 bits per heavy atom. The minimum absolute atomic E-state index is 0.0731. The third-order valence-electron chi connectivity index (χ3n) is 2.53. The van der Waals surface area contributed by atoms with Crippen LogP contribution in [-0.2, 0) is 6.54 Å². The monoisotopic (exact) mass is 236 g/mol. The summed E-state index contributed by atoms with van der Waals surface area (Å²) in [4.78, 5) is 0. The molecule has 1 aromatic carbocycles. The number of hydrogen-bond donors (Lipinski definition) is 2. The summed E-state index contributed by atoms with van der Waals surface area (Å²) in [5.41, 5.74) is 0.518. The predicted molar refractivity (Wildman–Crippen MR) is 59.8 cm³/mol. The molecule has 17 heavy (non-hydrogen) atoms. The van der Waals surface area contributed by atoms with Crippen LogP contribution in [0.5, 0.6) is 5.75 Å². The van der Waals surface area contributed by atoms with Gasteiger partial charge in [-0.2, -0.15) is 0 Å². The number of rotatable bonds is 4. The van der Waals surface area contributed by atoms with Crippen LogP contribution in [0.25, 0.3) is 0 Å². The van der Waals surface area contributed by atoms with E-state index in [1.54, 1.807) is 12.3 Å². The second kappa shape index (κ2) is 4.97. The standard InChI is InChI=1S/C12H13FN2O2/c1-8(14-7-10-4-5-15-17-10)11-6-9(13)2-3-12(11)16/h2-6,8,14,16H,7H2,1H3. The van der Waals surface area contributed by atoms with Crippen molar-refractivity contribution in [2.75, 3.05) is 0 Å². The molecule has 5 heteroatoms. The lowest BCUT2D eigenvalue weighted by molar-refractivity contribution is 0.364. The molecule has 1 atom stereocenters. The van der Waals surface area contributed by atoms with Crippen molar-refractivity contribution in [1.29, 1.82) is 0 Å². The SMILES string of the molecule is CC(NCc1ccno1)c1cc(F)ccc1O. The van der Waals surface area contributed by atoms with E-state index in [-0.39, 0.29) is 17.6 Å². The molecular formula is C12H13FN2O2. The van der Waals surface area contributed by atoms with E-state index in [2.05, 4.69) is 10.5 Å². The fourth-order valence-corrected chi connectivity index (χ4v) is 1.57. The molecule has 0 aliphatic heterocycles. The van der Waals surface area contributed by atoms with Gasteiger partial charge < -0.3 is 14.9 Å². The summed E-state index contributed by atoms with van der Waals surface area (Å²) in [6, 6.07) is 5.44. The number of nitrogens with zero attached hydrogens (tertiary/aromatic N) is 1. The molecule has 0 amide bonds. The first-order chi connectivity index (χ1) is 8.16. The number of phenols is 1. The number of nitrogens with one attached hydrogen (secondary N) is 1. The van der Waals surface area contributed by atoms with Crippen molar-refractivity contribution >= 4 is 0 Å². The molecular weight excluding hydrogens is 223 g/mol. The Bertz CT molecular complexity index is 485. The van der Waals surface area contributed by atoms with E-state index < -0.39 is 0 Å². The molecule has 2 N–H and O–H groups in total. The van der Waals surface area contributed by atoms with Crippen LogP contribution in [0.3, 0.4) is 0 Å². The van der Waals surface area contributed by atoms with Crippen LogP contribution in [0, 0.1) is 5.82 Å². The van der Waals surface area contributed by atoms with Gasteiger partial charge in [-0.05, 0) is 25.1 Å². The summed E-state index contributed by atoms with van der Waals surface area (Å²) in [6.45, 7) is 2.31. The average molecular weight is 236 g/mol. The van der Waals surface area contributed by atoms with Crippen molar-refractivity contribution in [2.24, 2.45) is 0 Å². The van der Waals surface area contributed by atoms with E-state index in [0.29, 0.717) is 17.9 Å². The first-order valence-electron chi connectivity index (χ1n) is 5.28. The van der Waals surface area contributed by atoms with E-state index >= 15 is 0 Å². The van der Waals surface area contributed by atoms with Gasteiger partial charge in [0.1, 0.15) is 17.3 Å². The molecule has 0 saturated heterocycles. The van der Waals surface area contributed by atoms with E-state index in [1.807, 2.05) is 6.92 Å². The summed E-state index contributed by atoms with van der Waals surface area (Å²) >= 11 is 0. The third-order valence-corrected chi connectivity index (χ3v) is 2.53. The largest absolute Gasteiger partial charge is 0.508 e. The number of aromatic nitrogens is 1. The van der Waals surface area contributed by atoms with Crippen LogP contribution in [0.1, 0.15) is 24.3 Å². The van der Waals surface area contributed by atoms with E-state index in [9.17, 15) is 9.50 Å². The number of aromatic hydroxyl groups is 1. The molecule has 90 valence electrons. The molecule has 4 nitrogen and oxygen atoms in total. The molecule has 0 spiro atoms. The lowest BCUT2D eigenvalue weighted by Crippen LogP contribution is -2.18. The van der Waals surface area contributed by atoms with Crippen molar-refractivity contribution in [2.45, 2.75) is 19.5 Å². The highest BCUT2D eigenvalue weighted by Crippen LogP contribution is 2.24. The maximum atomic E-state index is 13.1. The summed E-state index contributed by atoms with van der Waals surface area (Å²) in [6.07, 6.45) is 1.56. The topological polar surface area (TPSA) is 58.3 Å². The molecule has 0 bridgehead atoms. The van der Waals surface area contributed by atoms with Crippen LogP contribution in [0.2, 0.25) is 0 Å². The minimum Gasteiger partial charge on any atom is -0.508 e. The predicted octanol–water partition coefficient (Wildman–Crippen LogP) is 2.37. The Morgan fingerprint density at radius 2 is 2.29 bits per heavy atom. The second-order valence-corrected chi connectivity index (χ2v) is 3.78. The molecule has 1 heterocycles. The molecule has 0 aliphatic rings. The summed E-state index contributed by atoms with van der Waals surface area (Å²) in [5, 5.41) is 16.3. The van der Waals surface area contributed by atoms with Crippen molar-refractivity contribution in [3.63, 3.8) is 0 Å².